The van der Waals surface area contributed by atoms with E-state index in [4.69, 9.17) is 0 Å². The normalized spacial score (nSPS) is 11.7. The highest BCUT2D eigenvalue weighted by Gasteiger charge is 2.26. The van der Waals surface area contributed by atoms with Gasteiger partial charge < -0.3 is 5.32 Å². The lowest BCUT2D eigenvalue weighted by Gasteiger charge is -2.21. The molecular formula is C10H15NOS. The predicted octanol–water partition coefficient (Wildman–Crippen LogP) is 2.24. The molecule has 72 valence electrons. The second kappa shape index (κ2) is 3.60. The Labute approximate surface area is 83.0 Å². The fraction of sp³-hybridized carbons (Fsp3) is 0.500. The second-order valence-electron chi connectivity index (χ2n) is 3.65. The van der Waals surface area contributed by atoms with E-state index < -0.39 is 5.54 Å². The number of thiophene rings is 1. The fourth-order valence-corrected chi connectivity index (χ4v) is 1.72. The SMILES string of the molecule is CNC(C)(C)C(=O)c1csc(C)c1. The number of aryl methyl sites for hydroxylation is 1. The van der Waals surface area contributed by atoms with E-state index in [0.29, 0.717) is 0 Å². The molecule has 0 aliphatic rings. The van der Waals surface area contributed by atoms with Crippen molar-refractivity contribution in [3.8, 4) is 0 Å². The molecule has 1 aromatic rings. The van der Waals surface area contributed by atoms with E-state index in [1.165, 1.54) is 4.88 Å². The van der Waals surface area contributed by atoms with Crippen LogP contribution in [0.3, 0.4) is 0 Å². The van der Waals surface area contributed by atoms with E-state index in [1.807, 2.05) is 32.2 Å². The number of nitrogens with one attached hydrogen (secondary N) is 1. The van der Waals surface area contributed by atoms with Gasteiger partial charge in [0.1, 0.15) is 0 Å². The summed E-state index contributed by atoms with van der Waals surface area (Å²) in [6.45, 7) is 5.79. The Hall–Kier alpha value is -0.670. The van der Waals surface area contributed by atoms with Crippen LogP contribution in [0.5, 0.6) is 0 Å². The van der Waals surface area contributed by atoms with Gasteiger partial charge in [0, 0.05) is 15.8 Å². The maximum atomic E-state index is 11.9. The Morgan fingerprint density at radius 2 is 2.15 bits per heavy atom. The van der Waals surface area contributed by atoms with Crippen molar-refractivity contribution in [1.29, 1.82) is 0 Å². The summed E-state index contributed by atoms with van der Waals surface area (Å²) in [6, 6.07) is 1.94. The molecule has 0 aromatic carbocycles. The van der Waals surface area contributed by atoms with Crippen LogP contribution in [0.15, 0.2) is 11.4 Å². The molecule has 1 rings (SSSR count). The number of carbonyl (C=O) groups excluding carboxylic acids is 1. The molecule has 3 heteroatoms. The van der Waals surface area contributed by atoms with Gasteiger partial charge in [-0.15, -0.1) is 11.3 Å². The highest BCUT2D eigenvalue weighted by atomic mass is 32.1. The minimum atomic E-state index is -0.465. The molecule has 1 N–H and O–H groups in total. The molecule has 0 fully saturated rings. The third kappa shape index (κ3) is 2.17. The number of ketones is 1. The van der Waals surface area contributed by atoms with Gasteiger partial charge in [0.2, 0.25) is 0 Å². The van der Waals surface area contributed by atoms with Crippen LogP contribution in [0.1, 0.15) is 29.1 Å². The highest BCUT2D eigenvalue weighted by Crippen LogP contribution is 2.18. The van der Waals surface area contributed by atoms with Crippen molar-refractivity contribution in [2.24, 2.45) is 0 Å². The lowest BCUT2D eigenvalue weighted by Crippen LogP contribution is -2.44. The number of Topliss-reactive ketones (excluding diaryl/α,β-unsaturated/α-hetero) is 1. The van der Waals surface area contributed by atoms with Crippen LogP contribution in [0.4, 0.5) is 0 Å². The van der Waals surface area contributed by atoms with Crippen molar-refractivity contribution in [3.63, 3.8) is 0 Å². The van der Waals surface area contributed by atoms with Crippen LogP contribution in [-0.2, 0) is 0 Å². The first-order chi connectivity index (χ1) is 5.97. The zero-order valence-electron chi connectivity index (χ0n) is 8.47. The van der Waals surface area contributed by atoms with E-state index in [9.17, 15) is 4.79 Å². The van der Waals surface area contributed by atoms with Gasteiger partial charge in [-0.3, -0.25) is 4.79 Å². The van der Waals surface area contributed by atoms with Crippen molar-refractivity contribution in [1.82, 2.24) is 5.32 Å². The van der Waals surface area contributed by atoms with Crippen LogP contribution in [0, 0.1) is 6.92 Å². The van der Waals surface area contributed by atoms with Crippen LogP contribution in [-0.4, -0.2) is 18.4 Å². The summed E-state index contributed by atoms with van der Waals surface area (Å²) in [7, 11) is 1.80. The average molecular weight is 197 g/mol. The van der Waals surface area contributed by atoms with Gasteiger partial charge in [0.15, 0.2) is 5.78 Å². The number of carbonyl (C=O) groups is 1. The van der Waals surface area contributed by atoms with E-state index in [-0.39, 0.29) is 5.78 Å². The van der Waals surface area contributed by atoms with Gasteiger partial charge in [-0.25, -0.2) is 0 Å². The molecule has 0 aliphatic carbocycles. The first-order valence-electron chi connectivity index (χ1n) is 4.26. The molecule has 0 saturated heterocycles. The van der Waals surface area contributed by atoms with E-state index in [2.05, 4.69) is 5.32 Å². The topological polar surface area (TPSA) is 29.1 Å². The minimum absolute atomic E-state index is 0.152. The Bertz CT molecular complexity index is 314. The van der Waals surface area contributed by atoms with Crippen molar-refractivity contribution in [2.45, 2.75) is 26.3 Å². The highest BCUT2D eigenvalue weighted by molar-refractivity contribution is 7.10. The number of rotatable bonds is 3. The van der Waals surface area contributed by atoms with Crippen LogP contribution >= 0.6 is 11.3 Å². The largest absolute Gasteiger partial charge is 0.308 e. The van der Waals surface area contributed by atoms with E-state index >= 15 is 0 Å². The lowest BCUT2D eigenvalue weighted by molar-refractivity contribution is 0.0890. The zero-order valence-corrected chi connectivity index (χ0v) is 9.29. The Morgan fingerprint density at radius 1 is 1.54 bits per heavy atom. The van der Waals surface area contributed by atoms with Crippen LogP contribution < -0.4 is 5.32 Å². The molecule has 1 aromatic heterocycles. The summed E-state index contributed by atoms with van der Waals surface area (Å²) in [5, 5.41) is 4.92. The van der Waals surface area contributed by atoms with Crippen LogP contribution in [0.25, 0.3) is 0 Å². The Morgan fingerprint density at radius 3 is 2.54 bits per heavy atom. The summed E-state index contributed by atoms with van der Waals surface area (Å²) < 4.78 is 0. The van der Waals surface area contributed by atoms with Gasteiger partial charge >= 0.3 is 0 Å². The molecule has 13 heavy (non-hydrogen) atoms. The molecular weight excluding hydrogens is 182 g/mol. The zero-order chi connectivity index (χ0) is 10.1. The van der Waals surface area contributed by atoms with Gasteiger partial charge in [0.05, 0.1) is 5.54 Å². The lowest BCUT2D eigenvalue weighted by atomic mass is 9.95. The molecule has 0 aliphatic heterocycles. The maximum Gasteiger partial charge on any atom is 0.183 e. The molecule has 0 atom stereocenters. The van der Waals surface area contributed by atoms with Gasteiger partial charge in [0.25, 0.3) is 0 Å². The molecule has 1 heterocycles. The van der Waals surface area contributed by atoms with Crippen molar-refractivity contribution >= 4 is 17.1 Å². The average Bonchev–Trinajstić information content (AvgIpc) is 2.50. The van der Waals surface area contributed by atoms with Crippen molar-refractivity contribution in [3.05, 3.63) is 21.9 Å². The Kier molecular flexibility index (Phi) is 2.88. The van der Waals surface area contributed by atoms with Gasteiger partial charge in [-0.05, 0) is 33.9 Å². The molecule has 0 bridgehead atoms. The molecule has 0 spiro atoms. The smallest absolute Gasteiger partial charge is 0.183 e. The standard InChI is InChI=1S/C10H15NOS/c1-7-5-8(6-13-7)9(12)10(2,3)11-4/h5-6,11H,1-4H3. The monoisotopic (exact) mass is 197 g/mol. The predicted molar refractivity (Wildman–Crippen MR) is 56.5 cm³/mol. The maximum absolute atomic E-state index is 11.9. The second-order valence-corrected chi connectivity index (χ2v) is 4.77. The van der Waals surface area contributed by atoms with E-state index in [1.54, 1.807) is 18.4 Å². The summed E-state index contributed by atoms with van der Waals surface area (Å²) in [5.41, 5.74) is 0.343. The first-order valence-corrected chi connectivity index (χ1v) is 5.14. The summed E-state index contributed by atoms with van der Waals surface area (Å²) >= 11 is 1.61. The van der Waals surface area contributed by atoms with Crippen molar-refractivity contribution < 1.29 is 4.79 Å². The summed E-state index contributed by atoms with van der Waals surface area (Å²) in [5.74, 6) is 0.152. The third-order valence-corrected chi connectivity index (χ3v) is 3.05. The third-order valence-electron chi connectivity index (χ3n) is 2.19. The summed E-state index contributed by atoms with van der Waals surface area (Å²) in [6.07, 6.45) is 0. The molecule has 0 amide bonds. The minimum Gasteiger partial charge on any atom is -0.308 e. The molecule has 2 nitrogen and oxygen atoms in total. The number of hydrogen-bond acceptors (Lipinski definition) is 3. The first kappa shape index (κ1) is 10.4. The quantitative estimate of drug-likeness (QED) is 0.753. The number of hydrogen-bond donors (Lipinski definition) is 1. The summed E-state index contributed by atoms with van der Waals surface area (Å²) in [4.78, 5) is 13.0. The molecule has 0 saturated carbocycles. The Balaban J connectivity index is 2.91. The molecule has 0 radical (unpaired) electrons. The van der Waals surface area contributed by atoms with Gasteiger partial charge in [-0.2, -0.15) is 0 Å². The van der Waals surface area contributed by atoms with Crippen LogP contribution in [0.2, 0.25) is 0 Å². The van der Waals surface area contributed by atoms with Gasteiger partial charge in [-0.1, -0.05) is 0 Å². The number of likely N-dealkylation sites (N-methyl/N-ethyl adjacent to an activating group) is 1. The fourth-order valence-electron chi connectivity index (χ4n) is 1.04. The van der Waals surface area contributed by atoms with E-state index in [0.717, 1.165) is 5.56 Å². The molecule has 0 unspecified atom stereocenters. The van der Waals surface area contributed by atoms with Crippen molar-refractivity contribution in [2.75, 3.05) is 7.05 Å².